The highest BCUT2D eigenvalue weighted by atomic mass is 35.5. The Hall–Kier alpha value is -3.36. The van der Waals surface area contributed by atoms with Crippen molar-refractivity contribution >= 4 is 46.7 Å². The number of carbonyl (C=O) groups is 2. The summed E-state index contributed by atoms with van der Waals surface area (Å²) in [5, 5.41) is 7.45. The minimum atomic E-state index is -0.631. The van der Waals surface area contributed by atoms with Crippen molar-refractivity contribution in [2.75, 3.05) is 7.05 Å². The van der Waals surface area contributed by atoms with E-state index in [1.165, 1.54) is 7.05 Å². The molecule has 0 spiro atoms. The molecule has 1 aliphatic rings. The van der Waals surface area contributed by atoms with E-state index in [2.05, 4.69) is 5.43 Å². The van der Waals surface area contributed by atoms with Crippen LogP contribution >= 0.6 is 34.8 Å². The molecule has 4 aromatic rings. The van der Waals surface area contributed by atoms with Crippen LogP contribution in [-0.2, 0) is 16.1 Å². The molecular formula is C28H23Cl3N4O3. The Bertz CT molecular complexity index is 1490. The molecule has 1 unspecified atom stereocenters. The number of benzene rings is 3. The molecule has 3 aromatic carbocycles. The molecule has 5 rings (SSSR count). The Morgan fingerprint density at radius 2 is 1.71 bits per heavy atom. The number of rotatable bonds is 6. The summed E-state index contributed by atoms with van der Waals surface area (Å²) in [6.07, 6.45) is 2.04. The van der Waals surface area contributed by atoms with E-state index in [0.717, 1.165) is 34.8 Å². The smallest absolute Gasteiger partial charge is 0.336 e. The van der Waals surface area contributed by atoms with Crippen LogP contribution in [0, 0.1) is 0 Å². The van der Waals surface area contributed by atoms with Crippen LogP contribution in [0.15, 0.2) is 72.8 Å². The van der Waals surface area contributed by atoms with Gasteiger partial charge in [0, 0.05) is 33.8 Å². The maximum absolute atomic E-state index is 13.3. The van der Waals surface area contributed by atoms with Gasteiger partial charge in [-0.1, -0.05) is 70.3 Å². The van der Waals surface area contributed by atoms with Crippen LogP contribution in [0.4, 0.5) is 0 Å². The van der Waals surface area contributed by atoms with Crippen LogP contribution < -0.4 is 5.43 Å². The van der Waals surface area contributed by atoms with E-state index in [1.54, 1.807) is 47.1 Å². The number of nitrogens with zero attached hydrogens (tertiary/aromatic N) is 3. The van der Waals surface area contributed by atoms with Crippen molar-refractivity contribution in [1.82, 2.24) is 20.4 Å². The summed E-state index contributed by atoms with van der Waals surface area (Å²) in [5.74, 6) is -1.54. The summed E-state index contributed by atoms with van der Waals surface area (Å²) in [5.41, 5.74) is 6.89. The SMILES string of the molecule is CN(NC(=O)c1ccccc1)OC(=O)C1CCCc2c1nn(-c1ccc(Cl)cc1Cl)c2-c1ccc(Cl)cc1. The molecule has 1 N–H and O–H groups in total. The van der Waals surface area contributed by atoms with Gasteiger partial charge in [0.05, 0.1) is 22.1 Å². The Balaban J connectivity index is 1.48. The first-order valence-electron chi connectivity index (χ1n) is 12.0. The van der Waals surface area contributed by atoms with Gasteiger partial charge in [-0.2, -0.15) is 5.10 Å². The molecule has 0 saturated carbocycles. The highest BCUT2D eigenvalue weighted by Gasteiger charge is 2.35. The number of hydrogen-bond donors (Lipinski definition) is 1. The number of halogens is 3. The largest absolute Gasteiger partial charge is 0.348 e. The second-order valence-corrected chi connectivity index (χ2v) is 10.2. The third kappa shape index (κ3) is 5.42. The fraction of sp³-hybridized carbons (Fsp3) is 0.179. The van der Waals surface area contributed by atoms with Gasteiger partial charge in [0.1, 0.15) is 5.92 Å². The lowest BCUT2D eigenvalue weighted by molar-refractivity contribution is -0.195. The fourth-order valence-electron chi connectivity index (χ4n) is 4.59. The first-order valence-corrected chi connectivity index (χ1v) is 13.1. The summed E-state index contributed by atoms with van der Waals surface area (Å²) in [7, 11) is 1.47. The van der Waals surface area contributed by atoms with E-state index < -0.39 is 17.8 Å². The number of hydrazine groups is 1. The number of hydroxylamine groups is 1. The summed E-state index contributed by atoms with van der Waals surface area (Å²) in [4.78, 5) is 31.3. The number of hydrogen-bond acceptors (Lipinski definition) is 5. The summed E-state index contributed by atoms with van der Waals surface area (Å²) in [6.45, 7) is 0. The van der Waals surface area contributed by atoms with Gasteiger partial charge < -0.3 is 4.84 Å². The number of nitrogens with one attached hydrogen (secondary N) is 1. The zero-order chi connectivity index (χ0) is 26.8. The highest BCUT2D eigenvalue weighted by molar-refractivity contribution is 6.35. The van der Waals surface area contributed by atoms with Crippen molar-refractivity contribution in [1.29, 1.82) is 0 Å². The van der Waals surface area contributed by atoms with E-state index in [9.17, 15) is 9.59 Å². The summed E-state index contributed by atoms with van der Waals surface area (Å²) < 4.78 is 1.75. The van der Waals surface area contributed by atoms with Gasteiger partial charge in [0.15, 0.2) is 0 Å². The molecule has 194 valence electrons. The van der Waals surface area contributed by atoms with Gasteiger partial charge in [-0.25, -0.2) is 9.48 Å². The standard InChI is InChI=1S/C28H23Cl3N4O3/c1-34(33-27(36)18-6-3-2-4-7-18)38-28(37)22-9-5-8-21-25(22)32-35(24-15-14-20(30)16-23(24)31)26(21)17-10-12-19(29)13-11-17/h2-4,6-7,10-16,22H,5,8-9H2,1H3,(H,33,36). The number of amides is 1. The predicted molar refractivity (Wildman–Crippen MR) is 147 cm³/mol. The predicted octanol–water partition coefficient (Wildman–Crippen LogP) is 6.65. The van der Waals surface area contributed by atoms with Crippen molar-refractivity contribution in [2.45, 2.75) is 25.2 Å². The monoisotopic (exact) mass is 568 g/mol. The van der Waals surface area contributed by atoms with Crippen LogP contribution in [0.5, 0.6) is 0 Å². The Labute approximate surface area is 234 Å². The molecule has 0 saturated heterocycles. The zero-order valence-corrected chi connectivity index (χ0v) is 22.6. The Morgan fingerprint density at radius 1 is 1.00 bits per heavy atom. The Kier molecular flexibility index (Phi) is 7.72. The lowest BCUT2D eigenvalue weighted by Gasteiger charge is -2.23. The quantitative estimate of drug-likeness (QED) is 0.263. The van der Waals surface area contributed by atoms with Crippen LogP contribution in [0.3, 0.4) is 0 Å². The van der Waals surface area contributed by atoms with Crippen molar-refractivity contribution in [3.05, 3.63) is 105 Å². The van der Waals surface area contributed by atoms with Crippen molar-refractivity contribution < 1.29 is 14.4 Å². The van der Waals surface area contributed by atoms with Crippen LogP contribution in [0.25, 0.3) is 16.9 Å². The molecule has 1 aromatic heterocycles. The number of carbonyl (C=O) groups excluding carboxylic acids is 2. The van der Waals surface area contributed by atoms with Gasteiger partial charge in [-0.05, 0) is 61.7 Å². The average molecular weight is 570 g/mol. The lowest BCUT2D eigenvalue weighted by atomic mass is 9.85. The van der Waals surface area contributed by atoms with E-state index in [4.69, 9.17) is 44.7 Å². The first kappa shape index (κ1) is 26.3. The van der Waals surface area contributed by atoms with Crippen molar-refractivity contribution in [3.8, 4) is 16.9 Å². The van der Waals surface area contributed by atoms with E-state index >= 15 is 0 Å². The lowest BCUT2D eigenvalue weighted by Crippen LogP contribution is -2.41. The molecule has 7 nitrogen and oxygen atoms in total. The maximum atomic E-state index is 13.3. The van der Waals surface area contributed by atoms with Gasteiger partial charge in [-0.15, -0.1) is 0 Å². The Morgan fingerprint density at radius 3 is 2.42 bits per heavy atom. The molecule has 1 aliphatic carbocycles. The molecule has 38 heavy (non-hydrogen) atoms. The summed E-state index contributed by atoms with van der Waals surface area (Å²) in [6, 6.07) is 21.3. The molecular weight excluding hydrogens is 547 g/mol. The van der Waals surface area contributed by atoms with Crippen LogP contribution in [0.1, 0.15) is 40.4 Å². The topological polar surface area (TPSA) is 76.5 Å². The first-order chi connectivity index (χ1) is 18.3. The average Bonchev–Trinajstić information content (AvgIpc) is 3.28. The molecule has 1 amide bonds. The summed E-state index contributed by atoms with van der Waals surface area (Å²) >= 11 is 18.9. The third-order valence-corrected chi connectivity index (χ3v) is 7.12. The minimum Gasteiger partial charge on any atom is -0.348 e. The molecule has 1 heterocycles. The second-order valence-electron chi connectivity index (χ2n) is 8.89. The van der Waals surface area contributed by atoms with Crippen molar-refractivity contribution in [2.24, 2.45) is 0 Å². The van der Waals surface area contributed by atoms with Crippen LogP contribution in [-0.4, -0.2) is 33.9 Å². The molecule has 1 atom stereocenters. The molecule has 0 aliphatic heterocycles. The second kappa shape index (κ2) is 11.2. The van der Waals surface area contributed by atoms with Crippen molar-refractivity contribution in [3.63, 3.8) is 0 Å². The zero-order valence-electron chi connectivity index (χ0n) is 20.3. The maximum Gasteiger partial charge on any atom is 0.336 e. The normalized spacial score (nSPS) is 14.7. The highest BCUT2D eigenvalue weighted by Crippen LogP contribution is 2.40. The fourth-order valence-corrected chi connectivity index (χ4v) is 5.21. The molecule has 10 heteroatoms. The van der Waals surface area contributed by atoms with E-state index in [-0.39, 0.29) is 0 Å². The van der Waals surface area contributed by atoms with Gasteiger partial charge in [-0.3, -0.25) is 10.2 Å². The van der Waals surface area contributed by atoms with Gasteiger partial charge in [0.2, 0.25) is 0 Å². The molecule has 0 radical (unpaired) electrons. The van der Waals surface area contributed by atoms with Gasteiger partial charge >= 0.3 is 5.97 Å². The van der Waals surface area contributed by atoms with E-state index in [1.807, 2.05) is 30.3 Å². The number of aromatic nitrogens is 2. The van der Waals surface area contributed by atoms with E-state index in [0.29, 0.717) is 38.4 Å². The minimum absolute atomic E-state index is 0.392. The number of fused-ring (bicyclic) bond motifs is 1. The van der Waals surface area contributed by atoms with Gasteiger partial charge in [0.25, 0.3) is 5.91 Å². The van der Waals surface area contributed by atoms with Crippen LogP contribution in [0.2, 0.25) is 15.1 Å². The molecule has 0 fully saturated rings. The molecule has 0 bridgehead atoms. The third-order valence-electron chi connectivity index (χ3n) is 6.33.